The summed E-state index contributed by atoms with van der Waals surface area (Å²) in [5.41, 5.74) is 2.47. The molecule has 4 heteroatoms. The first-order valence-electron chi connectivity index (χ1n) is 6.84. The van der Waals surface area contributed by atoms with Gasteiger partial charge in [0.05, 0.1) is 11.9 Å². The van der Waals surface area contributed by atoms with Crippen molar-refractivity contribution in [3.63, 3.8) is 0 Å². The largest absolute Gasteiger partial charge is 0.378 e. The van der Waals surface area contributed by atoms with Gasteiger partial charge in [-0.3, -0.25) is 10.00 Å². The van der Waals surface area contributed by atoms with Gasteiger partial charge in [-0.2, -0.15) is 5.10 Å². The number of aromatic amines is 1. The maximum absolute atomic E-state index is 3.97. The molecule has 2 atom stereocenters. The molecule has 1 aliphatic heterocycles. The van der Waals surface area contributed by atoms with Crippen LogP contribution in [0.1, 0.15) is 18.9 Å². The first-order valence-corrected chi connectivity index (χ1v) is 6.84. The van der Waals surface area contributed by atoms with E-state index >= 15 is 0 Å². The van der Waals surface area contributed by atoms with Gasteiger partial charge < -0.3 is 5.32 Å². The Kier molecular flexibility index (Phi) is 3.51. The van der Waals surface area contributed by atoms with Gasteiger partial charge in [-0.25, -0.2) is 0 Å². The van der Waals surface area contributed by atoms with E-state index in [1.807, 2.05) is 12.4 Å². The van der Waals surface area contributed by atoms with Crippen molar-refractivity contribution in [2.24, 2.45) is 0 Å². The number of aromatic nitrogens is 2. The van der Waals surface area contributed by atoms with Gasteiger partial charge in [0.2, 0.25) is 0 Å². The molecule has 4 nitrogen and oxygen atoms in total. The zero-order valence-corrected chi connectivity index (χ0v) is 11.2. The van der Waals surface area contributed by atoms with Gasteiger partial charge in [0.15, 0.2) is 0 Å². The number of anilines is 1. The number of benzene rings is 1. The third-order valence-electron chi connectivity index (χ3n) is 3.80. The Morgan fingerprint density at radius 1 is 1.37 bits per heavy atom. The lowest BCUT2D eigenvalue weighted by Gasteiger charge is -2.20. The Bertz CT molecular complexity index is 494. The van der Waals surface area contributed by atoms with Gasteiger partial charge >= 0.3 is 0 Å². The number of nitrogens with one attached hydrogen (secondary N) is 2. The number of hydrogen-bond acceptors (Lipinski definition) is 3. The molecule has 2 N–H and O–H groups in total. The molecule has 2 aromatic rings. The molecule has 1 aliphatic rings. The minimum atomic E-state index is 0.510. The molecular formula is C15H20N4. The van der Waals surface area contributed by atoms with Crippen LogP contribution < -0.4 is 5.32 Å². The third-order valence-corrected chi connectivity index (χ3v) is 3.80. The van der Waals surface area contributed by atoms with Crippen LogP contribution in [-0.4, -0.2) is 33.7 Å². The average Bonchev–Trinajstić information content (AvgIpc) is 3.02. The second kappa shape index (κ2) is 5.45. The van der Waals surface area contributed by atoms with Gasteiger partial charge in [0.25, 0.3) is 0 Å². The zero-order valence-electron chi connectivity index (χ0n) is 11.2. The maximum atomic E-state index is 3.97. The number of H-pyrrole nitrogens is 1. The summed E-state index contributed by atoms with van der Waals surface area (Å²) in [6.07, 6.45) is 4.92. The van der Waals surface area contributed by atoms with Crippen molar-refractivity contribution in [2.75, 3.05) is 11.9 Å². The lowest BCUT2D eigenvalue weighted by molar-refractivity contribution is 0.259. The first-order chi connectivity index (χ1) is 9.31. The van der Waals surface area contributed by atoms with Crippen molar-refractivity contribution >= 4 is 5.69 Å². The molecular weight excluding hydrogens is 236 g/mol. The predicted octanol–water partition coefficient (Wildman–Crippen LogP) is 2.48. The summed E-state index contributed by atoms with van der Waals surface area (Å²) in [5.74, 6) is 0. The molecule has 19 heavy (non-hydrogen) atoms. The molecule has 2 heterocycles. The highest BCUT2D eigenvalue weighted by atomic mass is 15.2. The monoisotopic (exact) mass is 256 g/mol. The highest BCUT2D eigenvalue weighted by Gasteiger charge is 2.28. The molecule has 1 aromatic heterocycles. The second-order valence-corrected chi connectivity index (χ2v) is 5.33. The van der Waals surface area contributed by atoms with Crippen LogP contribution in [-0.2, 0) is 6.54 Å². The summed E-state index contributed by atoms with van der Waals surface area (Å²) in [5, 5.41) is 10.3. The molecule has 0 saturated carbocycles. The second-order valence-electron chi connectivity index (χ2n) is 5.33. The predicted molar refractivity (Wildman–Crippen MR) is 76.9 cm³/mol. The Labute approximate surface area is 113 Å². The fraction of sp³-hybridized carbons (Fsp3) is 0.400. The van der Waals surface area contributed by atoms with E-state index in [-0.39, 0.29) is 0 Å². The highest BCUT2D eigenvalue weighted by molar-refractivity contribution is 5.39. The quantitative estimate of drug-likeness (QED) is 0.883. The van der Waals surface area contributed by atoms with Gasteiger partial charge in [0.1, 0.15) is 0 Å². The molecule has 0 aliphatic carbocycles. The van der Waals surface area contributed by atoms with Crippen LogP contribution in [0.15, 0.2) is 42.7 Å². The molecule has 1 aromatic carbocycles. The lowest BCUT2D eigenvalue weighted by atomic mass is 10.2. The lowest BCUT2D eigenvalue weighted by Crippen LogP contribution is -2.28. The topological polar surface area (TPSA) is 44.0 Å². The smallest absolute Gasteiger partial charge is 0.0726 e. The zero-order chi connectivity index (χ0) is 13.1. The van der Waals surface area contributed by atoms with Crippen molar-refractivity contribution in [3.8, 4) is 0 Å². The van der Waals surface area contributed by atoms with E-state index in [2.05, 4.69) is 57.7 Å². The number of rotatable bonds is 4. The third kappa shape index (κ3) is 2.96. The normalized spacial score (nSPS) is 23.6. The molecule has 2 unspecified atom stereocenters. The number of nitrogens with zero attached hydrogens (tertiary/aromatic N) is 2. The Morgan fingerprint density at radius 3 is 2.95 bits per heavy atom. The van der Waals surface area contributed by atoms with E-state index in [1.165, 1.54) is 12.0 Å². The van der Waals surface area contributed by atoms with E-state index in [1.54, 1.807) is 0 Å². The van der Waals surface area contributed by atoms with Crippen LogP contribution in [0.25, 0.3) is 0 Å². The number of likely N-dealkylation sites (tertiary alicyclic amines) is 1. The van der Waals surface area contributed by atoms with Crippen LogP contribution in [0.4, 0.5) is 5.69 Å². The molecule has 100 valence electrons. The van der Waals surface area contributed by atoms with Gasteiger partial charge in [-0.05, 0) is 18.9 Å². The van der Waals surface area contributed by atoms with E-state index in [0.717, 1.165) is 18.8 Å². The summed E-state index contributed by atoms with van der Waals surface area (Å²) in [6.45, 7) is 4.42. The summed E-state index contributed by atoms with van der Waals surface area (Å²) >= 11 is 0. The van der Waals surface area contributed by atoms with Crippen molar-refractivity contribution < 1.29 is 0 Å². The van der Waals surface area contributed by atoms with Crippen LogP contribution in [0.3, 0.4) is 0 Å². The first kappa shape index (κ1) is 12.2. The van der Waals surface area contributed by atoms with Crippen molar-refractivity contribution in [3.05, 3.63) is 48.3 Å². The van der Waals surface area contributed by atoms with Crippen LogP contribution in [0, 0.1) is 0 Å². The SMILES string of the molecule is CC1CC(Nc2cn[nH]c2)CN1Cc1ccccc1. The fourth-order valence-corrected chi connectivity index (χ4v) is 2.81. The van der Waals surface area contributed by atoms with E-state index in [4.69, 9.17) is 0 Å². The fourth-order valence-electron chi connectivity index (χ4n) is 2.81. The maximum Gasteiger partial charge on any atom is 0.0726 e. The summed E-state index contributed by atoms with van der Waals surface area (Å²) in [4.78, 5) is 2.53. The molecule has 1 fully saturated rings. The van der Waals surface area contributed by atoms with E-state index < -0.39 is 0 Å². The molecule has 0 amide bonds. The van der Waals surface area contributed by atoms with E-state index in [9.17, 15) is 0 Å². The minimum Gasteiger partial charge on any atom is -0.378 e. The number of hydrogen-bond donors (Lipinski definition) is 2. The van der Waals surface area contributed by atoms with Crippen LogP contribution in [0.5, 0.6) is 0 Å². The van der Waals surface area contributed by atoms with Crippen molar-refractivity contribution in [1.82, 2.24) is 15.1 Å². The Morgan fingerprint density at radius 2 is 2.21 bits per heavy atom. The summed E-state index contributed by atoms with van der Waals surface area (Å²) < 4.78 is 0. The van der Waals surface area contributed by atoms with Crippen LogP contribution >= 0.6 is 0 Å². The highest BCUT2D eigenvalue weighted by Crippen LogP contribution is 2.22. The molecule has 0 bridgehead atoms. The van der Waals surface area contributed by atoms with Crippen molar-refractivity contribution in [2.45, 2.75) is 32.0 Å². The standard InChI is InChI=1S/C15H20N4/c1-12-7-14(18-15-8-16-17-9-15)11-19(12)10-13-5-3-2-4-6-13/h2-6,8-9,12,14,18H,7,10-11H2,1H3,(H,16,17). The van der Waals surface area contributed by atoms with Gasteiger partial charge in [-0.15, -0.1) is 0 Å². The molecule has 1 saturated heterocycles. The summed E-state index contributed by atoms with van der Waals surface area (Å²) in [7, 11) is 0. The minimum absolute atomic E-state index is 0.510. The van der Waals surface area contributed by atoms with E-state index in [0.29, 0.717) is 12.1 Å². The molecule has 3 rings (SSSR count). The molecule has 0 radical (unpaired) electrons. The van der Waals surface area contributed by atoms with Crippen LogP contribution in [0.2, 0.25) is 0 Å². The van der Waals surface area contributed by atoms with Gasteiger partial charge in [0, 0.05) is 31.4 Å². The summed E-state index contributed by atoms with van der Waals surface area (Å²) in [6, 6.07) is 11.8. The van der Waals surface area contributed by atoms with Crippen molar-refractivity contribution in [1.29, 1.82) is 0 Å². The Balaban J connectivity index is 1.59. The van der Waals surface area contributed by atoms with Gasteiger partial charge in [-0.1, -0.05) is 30.3 Å². The average molecular weight is 256 g/mol. The molecule has 0 spiro atoms. The Hall–Kier alpha value is -1.81.